The number of para-hydroxylation sites is 2. The van der Waals surface area contributed by atoms with E-state index >= 15 is 0 Å². The molecule has 1 saturated heterocycles. The lowest BCUT2D eigenvalue weighted by Crippen LogP contribution is -2.39. The number of carbonyl (C=O) groups excluding carboxylic acids is 1. The maximum absolute atomic E-state index is 13.5. The number of nitrogens with zero attached hydrogens (tertiary/aromatic N) is 2. The second kappa shape index (κ2) is 7.16. The highest BCUT2D eigenvalue weighted by molar-refractivity contribution is 5.89. The largest absolute Gasteiger partial charge is 0.495 e. The summed E-state index contributed by atoms with van der Waals surface area (Å²) in [4.78, 5) is 17.8. The fourth-order valence-corrected chi connectivity index (χ4v) is 2.81. The Morgan fingerprint density at radius 2 is 2.21 bits per heavy atom. The van der Waals surface area contributed by atoms with E-state index < -0.39 is 11.8 Å². The summed E-state index contributed by atoms with van der Waals surface area (Å²) < 4.78 is 18.9. The van der Waals surface area contributed by atoms with Gasteiger partial charge in [-0.1, -0.05) is 12.1 Å². The topological polar surface area (TPSA) is 66.5 Å². The molecule has 7 heteroatoms. The van der Waals surface area contributed by atoms with Gasteiger partial charge in [-0.2, -0.15) is 0 Å². The van der Waals surface area contributed by atoms with Crippen molar-refractivity contribution in [3.8, 4) is 5.75 Å². The first-order valence-electron chi connectivity index (χ1n) is 7.72. The SMILES string of the molecule is COc1ccccc1N1CC[C@H](NC(=O)Nc2ccncc2F)C1. The van der Waals surface area contributed by atoms with Gasteiger partial charge in [-0.15, -0.1) is 0 Å². The molecular weight excluding hydrogens is 311 g/mol. The molecule has 0 aliphatic carbocycles. The smallest absolute Gasteiger partial charge is 0.319 e. The van der Waals surface area contributed by atoms with E-state index in [1.165, 1.54) is 12.3 Å². The molecule has 1 aromatic heterocycles. The predicted molar refractivity (Wildman–Crippen MR) is 90.0 cm³/mol. The summed E-state index contributed by atoms with van der Waals surface area (Å²) in [5.41, 5.74) is 1.12. The number of ether oxygens (including phenoxy) is 1. The maximum atomic E-state index is 13.5. The van der Waals surface area contributed by atoms with Gasteiger partial charge in [-0.3, -0.25) is 4.98 Å². The van der Waals surface area contributed by atoms with E-state index in [0.717, 1.165) is 30.6 Å². The van der Waals surface area contributed by atoms with Gasteiger partial charge in [0.2, 0.25) is 0 Å². The Kier molecular flexibility index (Phi) is 4.79. The normalized spacial score (nSPS) is 16.8. The molecule has 6 nitrogen and oxygen atoms in total. The molecule has 2 aromatic rings. The second-order valence-corrected chi connectivity index (χ2v) is 5.56. The van der Waals surface area contributed by atoms with Gasteiger partial charge in [-0.25, -0.2) is 9.18 Å². The predicted octanol–water partition coefficient (Wildman–Crippen LogP) is 2.63. The standard InChI is InChI=1S/C17H19FN4O2/c1-24-16-5-3-2-4-15(16)22-9-7-12(11-22)20-17(23)21-14-6-8-19-10-13(14)18/h2-6,8,10,12H,7,9,11H2,1H3,(H2,19,20,21,23)/t12-/m0/s1. The van der Waals surface area contributed by atoms with Crippen LogP contribution in [0, 0.1) is 5.82 Å². The summed E-state index contributed by atoms with van der Waals surface area (Å²) in [6.45, 7) is 1.49. The lowest BCUT2D eigenvalue weighted by molar-refractivity contribution is 0.249. The summed E-state index contributed by atoms with van der Waals surface area (Å²) in [5, 5.41) is 5.38. The number of methoxy groups -OCH3 is 1. The van der Waals surface area contributed by atoms with Crippen molar-refractivity contribution in [2.45, 2.75) is 12.5 Å². The van der Waals surface area contributed by atoms with E-state index in [9.17, 15) is 9.18 Å². The molecule has 0 unspecified atom stereocenters. The van der Waals surface area contributed by atoms with Crippen LogP contribution in [0.4, 0.5) is 20.6 Å². The fraction of sp³-hybridized carbons (Fsp3) is 0.294. The highest BCUT2D eigenvalue weighted by Gasteiger charge is 2.25. The van der Waals surface area contributed by atoms with Crippen LogP contribution in [0.15, 0.2) is 42.7 Å². The first-order valence-corrected chi connectivity index (χ1v) is 7.72. The summed E-state index contributed by atoms with van der Waals surface area (Å²) >= 11 is 0. The van der Waals surface area contributed by atoms with Crippen molar-refractivity contribution in [3.63, 3.8) is 0 Å². The third-order valence-electron chi connectivity index (χ3n) is 3.97. The Balaban J connectivity index is 1.58. The number of urea groups is 1. The number of anilines is 2. The van der Waals surface area contributed by atoms with E-state index in [1.807, 2.05) is 24.3 Å². The van der Waals surface area contributed by atoms with Gasteiger partial charge in [0, 0.05) is 25.3 Å². The third kappa shape index (κ3) is 3.56. The van der Waals surface area contributed by atoms with E-state index in [-0.39, 0.29) is 11.7 Å². The van der Waals surface area contributed by atoms with Crippen molar-refractivity contribution < 1.29 is 13.9 Å². The number of pyridine rings is 1. The zero-order valence-electron chi connectivity index (χ0n) is 13.3. The molecule has 2 amide bonds. The third-order valence-corrected chi connectivity index (χ3v) is 3.97. The van der Waals surface area contributed by atoms with Crippen LogP contribution >= 0.6 is 0 Å². The van der Waals surface area contributed by atoms with Crippen LogP contribution in [0.25, 0.3) is 0 Å². The zero-order chi connectivity index (χ0) is 16.9. The van der Waals surface area contributed by atoms with Gasteiger partial charge < -0.3 is 20.3 Å². The molecular formula is C17H19FN4O2. The number of rotatable bonds is 4. The molecule has 0 radical (unpaired) electrons. The van der Waals surface area contributed by atoms with Crippen LogP contribution in [0.1, 0.15) is 6.42 Å². The lowest BCUT2D eigenvalue weighted by atomic mass is 10.2. The van der Waals surface area contributed by atoms with Crippen molar-refractivity contribution in [1.29, 1.82) is 0 Å². The monoisotopic (exact) mass is 330 g/mol. The van der Waals surface area contributed by atoms with E-state index in [1.54, 1.807) is 7.11 Å². The van der Waals surface area contributed by atoms with Crippen molar-refractivity contribution >= 4 is 17.4 Å². The Bertz CT molecular complexity index is 725. The average molecular weight is 330 g/mol. The minimum Gasteiger partial charge on any atom is -0.495 e. The number of hydrogen-bond acceptors (Lipinski definition) is 4. The molecule has 0 spiro atoms. The number of amides is 2. The van der Waals surface area contributed by atoms with Crippen LogP contribution in [-0.4, -0.2) is 37.3 Å². The Morgan fingerprint density at radius 1 is 1.38 bits per heavy atom. The van der Waals surface area contributed by atoms with E-state index in [0.29, 0.717) is 6.54 Å². The number of benzene rings is 1. The van der Waals surface area contributed by atoms with Gasteiger partial charge >= 0.3 is 6.03 Å². The molecule has 2 heterocycles. The molecule has 0 saturated carbocycles. The van der Waals surface area contributed by atoms with Crippen LogP contribution < -0.4 is 20.3 Å². The first kappa shape index (κ1) is 16.0. The molecule has 1 aliphatic heterocycles. The fourth-order valence-electron chi connectivity index (χ4n) is 2.81. The van der Waals surface area contributed by atoms with Gasteiger partial charge in [0.15, 0.2) is 5.82 Å². The van der Waals surface area contributed by atoms with Gasteiger partial charge in [0.1, 0.15) is 5.75 Å². The highest BCUT2D eigenvalue weighted by Crippen LogP contribution is 2.30. The number of aromatic nitrogens is 1. The van der Waals surface area contributed by atoms with Gasteiger partial charge in [0.05, 0.1) is 24.7 Å². The zero-order valence-corrected chi connectivity index (χ0v) is 13.3. The minimum atomic E-state index is -0.560. The van der Waals surface area contributed by atoms with E-state index in [4.69, 9.17) is 4.74 Å². The Morgan fingerprint density at radius 3 is 3.00 bits per heavy atom. The molecule has 1 aliphatic rings. The maximum Gasteiger partial charge on any atom is 0.319 e. The molecule has 3 rings (SSSR count). The van der Waals surface area contributed by atoms with Crippen LogP contribution in [0.3, 0.4) is 0 Å². The van der Waals surface area contributed by atoms with Crippen molar-refractivity contribution in [3.05, 3.63) is 48.5 Å². The molecule has 2 N–H and O–H groups in total. The van der Waals surface area contributed by atoms with Crippen molar-refractivity contribution in [1.82, 2.24) is 10.3 Å². The van der Waals surface area contributed by atoms with E-state index in [2.05, 4.69) is 20.5 Å². The quantitative estimate of drug-likeness (QED) is 0.904. The lowest BCUT2D eigenvalue weighted by Gasteiger charge is -2.21. The summed E-state index contributed by atoms with van der Waals surface area (Å²) in [6.07, 6.45) is 3.30. The molecule has 24 heavy (non-hydrogen) atoms. The molecule has 1 fully saturated rings. The van der Waals surface area contributed by atoms with Gasteiger partial charge in [0.25, 0.3) is 0 Å². The summed E-state index contributed by atoms with van der Waals surface area (Å²) in [5.74, 6) is 0.246. The van der Waals surface area contributed by atoms with Crippen molar-refractivity contribution in [2.75, 3.05) is 30.4 Å². The second-order valence-electron chi connectivity index (χ2n) is 5.56. The Labute approximate surface area is 139 Å². The average Bonchev–Trinajstić information content (AvgIpc) is 3.05. The van der Waals surface area contributed by atoms with Crippen LogP contribution in [-0.2, 0) is 0 Å². The van der Waals surface area contributed by atoms with Gasteiger partial charge in [-0.05, 0) is 24.6 Å². The summed E-state index contributed by atoms with van der Waals surface area (Å²) in [7, 11) is 1.64. The number of hydrogen-bond donors (Lipinski definition) is 2. The van der Waals surface area contributed by atoms with Crippen LogP contribution in [0.2, 0.25) is 0 Å². The van der Waals surface area contributed by atoms with Crippen LogP contribution in [0.5, 0.6) is 5.75 Å². The number of halogens is 1. The highest BCUT2D eigenvalue weighted by atomic mass is 19.1. The number of nitrogens with one attached hydrogen (secondary N) is 2. The van der Waals surface area contributed by atoms with Crippen molar-refractivity contribution in [2.24, 2.45) is 0 Å². The molecule has 0 bridgehead atoms. The molecule has 1 atom stereocenters. The number of carbonyl (C=O) groups is 1. The Hall–Kier alpha value is -2.83. The molecule has 126 valence electrons. The summed E-state index contributed by atoms with van der Waals surface area (Å²) in [6, 6.07) is 8.77. The first-order chi connectivity index (χ1) is 11.7. The molecule has 1 aromatic carbocycles. The minimum absolute atomic E-state index is 0.0141.